The summed E-state index contributed by atoms with van der Waals surface area (Å²) < 4.78 is 5.09. The quantitative estimate of drug-likeness (QED) is 0.810. The van der Waals surface area contributed by atoms with E-state index in [4.69, 9.17) is 4.74 Å². The standard InChI is InChI=1S/C12H13NO3/c1-13-12(15)10-6-11(14)8-4-3-7(16-2)5-9(8)10/h3-5,10H,6H2,1-2H3,(H,13,15). The molecule has 1 aliphatic carbocycles. The molecule has 2 rings (SSSR count). The van der Waals surface area contributed by atoms with Crippen LogP contribution in [0.15, 0.2) is 18.2 Å². The van der Waals surface area contributed by atoms with Crippen LogP contribution >= 0.6 is 0 Å². The van der Waals surface area contributed by atoms with Crippen LogP contribution in [0.25, 0.3) is 0 Å². The van der Waals surface area contributed by atoms with Crippen LogP contribution in [0.3, 0.4) is 0 Å². The second-order valence-corrected chi connectivity index (χ2v) is 3.75. The Morgan fingerprint density at radius 2 is 2.25 bits per heavy atom. The van der Waals surface area contributed by atoms with E-state index in [-0.39, 0.29) is 24.0 Å². The molecule has 0 aromatic heterocycles. The van der Waals surface area contributed by atoms with Crippen molar-refractivity contribution in [2.24, 2.45) is 0 Å². The number of carbonyl (C=O) groups excluding carboxylic acids is 2. The zero-order chi connectivity index (χ0) is 11.7. The van der Waals surface area contributed by atoms with Gasteiger partial charge in [0.25, 0.3) is 0 Å². The molecule has 0 fully saturated rings. The van der Waals surface area contributed by atoms with E-state index in [1.54, 1.807) is 32.4 Å². The fourth-order valence-electron chi connectivity index (χ4n) is 2.02. The zero-order valence-electron chi connectivity index (χ0n) is 9.24. The summed E-state index contributed by atoms with van der Waals surface area (Å²) >= 11 is 0. The largest absolute Gasteiger partial charge is 0.497 e. The third kappa shape index (κ3) is 1.56. The Bertz CT molecular complexity index is 454. The van der Waals surface area contributed by atoms with Crippen molar-refractivity contribution >= 4 is 11.7 Å². The van der Waals surface area contributed by atoms with Gasteiger partial charge < -0.3 is 10.1 Å². The Morgan fingerprint density at radius 1 is 1.50 bits per heavy atom. The molecule has 0 bridgehead atoms. The topological polar surface area (TPSA) is 55.4 Å². The number of Topliss-reactive ketones (excluding diaryl/α,β-unsaturated/α-hetero) is 1. The molecule has 1 N–H and O–H groups in total. The van der Waals surface area contributed by atoms with Gasteiger partial charge in [0.2, 0.25) is 5.91 Å². The molecule has 1 atom stereocenters. The minimum atomic E-state index is -0.373. The lowest BCUT2D eigenvalue weighted by Crippen LogP contribution is -2.24. The molecular formula is C12H13NO3. The number of ketones is 1. The van der Waals surface area contributed by atoms with Crippen LogP contribution in [0, 0.1) is 0 Å². The highest BCUT2D eigenvalue weighted by atomic mass is 16.5. The third-order valence-electron chi connectivity index (χ3n) is 2.89. The summed E-state index contributed by atoms with van der Waals surface area (Å²) in [6.07, 6.45) is 0.252. The molecule has 0 heterocycles. The molecule has 4 heteroatoms. The van der Waals surface area contributed by atoms with Gasteiger partial charge >= 0.3 is 0 Å². The first kappa shape index (κ1) is 10.7. The lowest BCUT2D eigenvalue weighted by atomic mass is 10.0. The fourth-order valence-corrected chi connectivity index (χ4v) is 2.02. The summed E-state index contributed by atoms with van der Waals surface area (Å²) in [4.78, 5) is 23.3. The van der Waals surface area contributed by atoms with Gasteiger partial charge in [-0.25, -0.2) is 0 Å². The maximum absolute atomic E-state index is 11.7. The van der Waals surface area contributed by atoms with Crippen LogP contribution in [0.2, 0.25) is 0 Å². The van der Waals surface area contributed by atoms with E-state index >= 15 is 0 Å². The van der Waals surface area contributed by atoms with Crippen molar-refractivity contribution in [3.8, 4) is 5.75 Å². The highest BCUT2D eigenvalue weighted by molar-refractivity contribution is 6.06. The van der Waals surface area contributed by atoms with Crippen LogP contribution in [0.4, 0.5) is 0 Å². The smallest absolute Gasteiger partial charge is 0.227 e. The number of carbonyl (C=O) groups is 2. The van der Waals surface area contributed by atoms with E-state index in [1.807, 2.05) is 0 Å². The Hall–Kier alpha value is -1.84. The summed E-state index contributed by atoms with van der Waals surface area (Å²) in [6, 6.07) is 5.22. The van der Waals surface area contributed by atoms with E-state index in [0.717, 1.165) is 5.56 Å². The molecule has 1 amide bonds. The number of hydrogen-bond donors (Lipinski definition) is 1. The number of likely N-dealkylation sites (N-methyl/N-ethyl adjacent to an activating group) is 1. The molecule has 0 radical (unpaired) electrons. The predicted molar refractivity (Wildman–Crippen MR) is 58.7 cm³/mol. The van der Waals surface area contributed by atoms with E-state index in [2.05, 4.69) is 5.32 Å². The maximum Gasteiger partial charge on any atom is 0.227 e. The van der Waals surface area contributed by atoms with Gasteiger partial charge in [0.1, 0.15) is 5.75 Å². The molecule has 84 valence electrons. The predicted octanol–water partition coefficient (Wildman–Crippen LogP) is 1.11. The zero-order valence-corrected chi connectivity index (χ0v) is 9.24. The van der Waals surface area contributed by atoms with Gasteiger partial charge in [-0.1, -0.05) is 0 Å². The fraction of sp³-hybridized carbons (Fsp3) is 0.333. The minimum absolute atomic E-state index is 0.0197. The summed E-state index contributed by atoms with van der Waals surface area (Å²) in [5.74, 6) is 0.191. The van der Waals surface area contributed by atoms with Gasteiger partial charge in [-0.3, -0.25) is 9.59 Å². The highest BCUT2D eigenvalue weighted by Gasteiger charge is 2.33. The summed E-state index contributed by atoms with van der Waals surface area (Å²) in [5, 5.41) is 2.57. The first-order valence-electron chi connectivity index (χ1n) is 5.10. The number of methoxy groups -OCH3 is 1. The second-order valence-electron chi connectivity index (χ2n) is 3.75. The van der Waals surface area contributed by atoms with E-state index in [9.17, 15) is 9.59 Å². The van der Waals surface area contributed by atoms with Crippen LogP contribution < -0.4 is 10.1 Å². The normalized spacial score (nSPS) is 18.1. The van der Waals surface area contributed by atoms with Crippen LogP contribution in [0.5, 0.6) is 5.75 Å². The molecule has 16 heavy (non-hydrogen) atoms. The summed E-state index contributed by atoms with van der Waals surface area (Å²) in [6.45, 7) is 0. The Kier molecular flexibility index (Phi) is 2.64. The average molecular weight is 219 g/mol. The SMILES string of the molecule is CNC(=O)C1CC(=O)c2ccc(OC)cc21. The summed E-state index contributed by atoms with van der Waals surface area (Å²) in [5.41, 5.74) is 1.40. The molecule has 1 unspecified atom stereocenters. The number of ether oxygens (including phenoxy) is 1. The minimum Gasteiger partial charge on any atom is -0.497 e. The average Bonchev–Trinajstić information content (AvgIpc) is 2.65. The van der Waals surface area contributed by atoms with E-state index in [1.165, 1.54) is 0 Å². The third-order valence-corrected chi connectivity index (χ3v) is 2.89. The van der Waals surface area contributed by atoms with Gasteiger partial charge in [0.15, 0.2) is 5.78 Å². The molecule has 0 saturated carbocycles. The molecule has 0 spiro atoms. The monoisotopic (exact) mass is 219 g/mol. The second kappa shape index (κ2) is 3.96. The molecular weight excluding hydrogens is 206 g/mol. The van der Waals surface area contributed by atoms with Gasteiger partial charge in [-0.05, 0) is 23.8 Å². The first-order valence-corrected chi connectivity index (χ1v) is 5.10. The van der Waals surface area contributed by atoms with Gasteiger partial charge in [-0.2, -0.15) is 0 Å². The molecule has 1 aliphatic rings. The number of amides is 1. The number of fused-ring (bicyclic) bond motifs is 1. The number of hydrogen-bond acceptors (Lipinski definition) is 3. The van der Waals surface area contributed by atoms with Crippen LogP contribution in [-0.4, -0.2) is 25.8 Å². The summed E-state index contributed by atoms with van der Waals surface area (Å²) in [7, 11) is 3.14. The highest BCUT2D eigenvalue weighted by Crippen LogP contribution is 2.35. The van der Waals surface area contributed by atoms with Crippen molar-refractivity contribution in [2.45, 2.75) is 12.3 Å². The van der Waals surface area contributed by atoms with Crippen LogP contribution in [0.1, 0.15) is 28.3 Å². The molecule has 0 aliphatic heterocycles. The van der Waals surface area contributed by atoms with E-state index in [0.29, 0.717) is 11.3 Å². The Morgan fingerprint density at radius 3 is 2.88 bits per heavy atom. The van der Waals surface area contributed by atoms with Crippen molar-refractivity contribution in [3.05, 3.63) is 29.3 Å². The van der Waals surface area contributed by atoms with Crippen molar-refractivity contribution < 1.29 is 14.3 Å². The number of nitrogens with one attached hydrogen (secondary N) is 1. The van der Waals surface area contributed by atoms with Crippen molar-refractivity contribution in [1.29, 1.82) is 0 Å². The molecule has 0 saturated heterocycles. The molecule has 1 aromatic carbocycles. The van der Waals surface area contributed by atoms with Crippen molar-refractivity contribution in [1.82, 2.24) is 5.32 Å². The Labute approximate surface area is 93.6 Å². The Balaban J connectivity index is 2.46. The van der Waals surface area contributed by atoms with Gasteiger partial charge in [0.05, 0.1) is 13.0 Å². The van der Waals surface area contributed by atoms with Crippen molar-refractivity contribution in [3.63, 3.8) is 0 Å². The van der Waals surface area contributed by atoms with Gasteiger partial charge in [-0.15, -0.1) is 0 Å². The van der Waals surface area contributed by atoms with Crippen molar-refractivity contribution in [2.75, 3.05) is 14.2 Å². The lowest BCUT2D eigenvalue weighted by Gasteiger charge is -2.09. The van der Waals surface area contributed by atoms with E-state index < -0.39 is 0 Å². The molecule has 1 aromatic rings. The molecule has 4 nitrogen and oxygen atoms in total. The van der Waals surface area contributed by atoms with Crippen LogP contribution in [-0.2, 0) is 4.79 Å². The first-order chi connectivity index (χ1) is 7.67. The number of benzene rings is 1. The maximum atomic E-state index is 11.7. The number of rotatable bonds is 2. The van der Waals surface area contributed by atoms with Gasteiger partial charge in [0, 0.05) is 19.0 Å². The lowest BCUT2D eigenvalue weighted by molar-refractivity contribution is -0.121.